The van der Waals surface area contributed by atoms with E-state index >= 15 is 0 Å². The van der Waals surface area contributed by atoms with E-state index in [-0.39, 0.29) is 5.56 Å². The third-order valence-corrected chi connectivity index (χ3v) is 4.15. The van der Waals surface area contributed by atoms with Gasteiger partial charge in [0, 0.05) is 17.5 Å². The summed E-state index contributed by atoms with van der Waals surface area (Å²) in [6.07, 6.45) is 1.63. The van der Waals surface area contributed by atoms with Crippen LogP contribution in [0, 0.1) is 6.92 Å². The van der Waals surface area contributed by atoms with E-state index in [1.807, 2.05) is 12.3 Å². The monoisotopic (exact) mass is 270 g/mol. The lowest BCUT2D eigenvalue weighted by molar-refractivity contribution is 0.718. The minimum Gasteiger partial charge on any atom is -0.299 e. The Kier molecular flexibility index (Phi) is 2.95. The molecule has 3 aromatic rings. The Bertz CT molecular complexity index is 784. The van der Waals surface area contributed by atoms with Gasteiger partial charge in [0.15, 0.2) is 0 Å². The first-order valence-corrected chi connectivity index (χ1v) is 7.12. The van der Waals surface area contributed by atoms with Crippen LogP contribution >= 0.6 is 11.3 Å². The fourth-order valence-electron chi connectivity index (χ4n) is 2.14. The maximum atomic E-state index is 12.4. The summed E-state index contributed by atoms with van der Waals surface area (Å²) in [5, 5.41) is 2.75. The number of thiophene rings is 1. The van der Waals surface area contributed by atoms with E-state index in [2.05, 4.69) is 36.2 Å². The highest BCUT2D eigenvalue weighted by atomic mass is 32.1. The molecule has 3 nitrogen and oxygen atoms in total. The Morgan fingerprint density at radius 3 is 2.68 bits per heavy atom. The molecule has 1 aromatic carbocycles. The first kappa shape index (κ1) is 12.1. The van der Waals surface area contributed by atoms with Crippen LogP contribution in [0.15, 0.2) is 40.8 Å². The number of aryl methyl sites for hydroxylation is 2. The molecule has 0 amide bonds. The quantitative estimate of drug-likeness (QED) is 0.715. The third kappa shape index (κ3) is 1.98. The summed E-state index contributed by atoms with van der Waals surface area (Å²) in [5.74, 6) is 0. The Balaban J connectivity index is 2.30. The van der Waals surface area contributed by atoms with Crippen LogP contribution < -0.4 is 5.56 Å². The van der Waals surface area contributed by atoms with Crippen LogP contribution in [0.3, 0.4) is 0 Å². The van der Waals surface area contributed by atoms with Gasteiger partial charge in [0.1, 0.15) is 4.83 Å². The first-order valence-electron chi connectivity index (χ1n) is 6.24. The van der Waals surface area contributed by atoms with Gasteiger partial charge in [-0.2, -0.15) is 0 Å². The molecule has 0 aliphatic carbocycles. The molecule has 2 aromatic heterocycles. The lowest BCUT2D eigenvalue weighted by Gasteiger charge is -2.03. The molecular formula is C15H14N2OS. The molecule has 0 radical (unpaired) electrons. The summed E-state index contributed by atoms with van der Waals surface area (Å²) >= 11 is 1.52. The molecule has 4 heteroatoms. The summed E-state index contributed by atoms with van der Waals surface area (Å²) in [7, 11) is 0. The summed E-state index contributed by atoms with van der Waals surface area (Å²) in [5.41, 5.74) is 3.32. The van der Waals surface area contributed by atoms with E-state index < -0.39 is 0 Å². The summed E-state index contributed by atoms with van der Waals surface area (Å²) < 4.78 is 1.65. The van der Waals surface area contributed by atoms with Gasteiger partial charge < -0.3 is 0 Å². The van der Waals surface area contributed by atoms with Crippen molar-refractivity contribution in [1.29, 1.82) is 0 Å². The number of aromatic nitrogens is 2. The minimum absolute atomic E-state index is 0.0457. The Morgan fingerprint density at radius 1 is 1.26 bits per heavy atom. The van der Waals surface area contributed by atoms with Crippen LogP contribution in [0.5, 0.6) is 0 Å². The molecule has 0 bridgehead atoms. The second-order valence-corrected chi connectivity index (χ2v) is 5.39. The van der Waals surface area contributed by atoms with Crippen LogP contribution in [-0.2, 0) is 6.54 Å². The Morgan fingerprint density at radius 2 is 2.00 bits per heavy atom. The molecule has 19 heavy (non-hydrogen) atoms. The normalized spacial score (nSPS) is 11.1. The number of fused-ring (bicyclic) bond motifs is 1. The van der Waals surface area contributed by atoms with Crippen molar-refractivity contribution in [1.82, 2.24) is 9.55 Å². The van der Waals surface area contributed by atoms with Gasteiger partial charge in [-0.05, 0) is 19.4 Å². The molecule has 0 N–H and O–H groups in total. The predicted molar refractivity (Wildman–Crippen MR) is 79.7 cm³/mol. The molecule has 2 heterocycles. The van der Waals surface area contributed by atoms with Crippen LogP contribution in [-0.4, -0.2) is 9.55 Å². The number of nitrogens with zero attached hydrogens (tertiary/aromatic N) is 2. The van der Waals surface area contributed by atoms with Gasteiger partial charge in [-0.1, -0.05) is 29.8 Å². The Labute approximate surface area is 115 Å². The lowest BCUT2D eigenvalue weighted by atomic mass is 10.1. The van der Waals surface area contributed by atoms with E-state index in [1.165, 1.54) is 16.9 Å². The minimum atomic E-state index is 0.0457. The van der Waals surface area contributed by atoms with E-state index in [0.29, 0.717) is 6.54 Å². The highest BCUT2D eigenvalue weighted by Crippen LogP contribution is 2.30. The molecule has 0 aliphatic rings. The van der Waals surface area contributed by atoms with Crippen molar-refractivity contribution in [2.45, 2.75) is 20.4 Å². The van der Waals surface area contributed by atoms with Crippen molar-refractivity contribution in [3.8, 4) is 11.1 Å². The van der Waals surface area contributed by atoms with Crippen molar-refractivity contribution < 1.29 is 0 Å². The fraction of sp³-hybridized carbons (Fsp3) is 0.200. The van der Waals surface area contributed by atoms with Gasteiger partial charge in [-0.3, -0.25) is 9.36 Å². The van der Waals surface area contributed by atoms with Crippen molar-refractivity contribution in [3.63, 3.8) is 0 Å². The average Bonchev–Trinajstić information content (AvgIpc) is 2.85. The summed E-state index contributed by atoms with van der Waals surface area (Å²) in [4.78, 5) is 17.6. The Hall–Kier alpha value is -1.94. The van der Waals surface area contributed by atoms with Gasteiger partial charge in [0.25, 0.3) is 5.56 Å². The second-order valence-electron chi connectivity index (χ2n) is 4.53. The van der Waals surface area contributed by atoms with E-state index in [4.69, 9.17) is 0 Å². The molecule has 3 rings (SSSR count). The number of rotatable bonds is 2. The van der Waals surface area contributed by atoms with Gasteiger partial charge in [-0.15, -0.1) is 11.3 Å². The van der Waals surface area contributed by atoms with Crippen LogP contribution in [0.2, 0.25) is 0 Å². The molecule has 0 aliphatic heterocycles. The largest absolute Gasteiger partial charge is 0.299 e. The highest BCUT2D eigenvalue weighted by Gasteiger charge is 2.12. The molecule has 0 unspecified atom stereocenters. The molecule has 0 fully saturated rings. The average molecular weight is 270 g/mol. The molecule has 0 saturated heterocycles. The lowest BCUT2D eigenvalue weighted by Crippen LogP contribution is -2.19. The van der Waals surface area contributed by atoms with Crippen molar-refractivity contribution in [3.05, 3.63) is 51.9 Å². The van der Waals surface area contributed by atoms with Gasteiger partial charge in [0.05, 0.1) is 11.7 Å². The highest BCUT2D eigenvalue weighted by molar-refractivity contribution is 7.17. The van der Waals surface area contributed by atoms with E-state index in [9.17, 15) is 4.79 Å². The molecule has 0 saturated carbocycles. The van der Waals surface area contributed by atoms with Crippen LogP contribution in [0.1, 0.15) is 12.5 Å². The number of benzene rings is 1. The first-order chi connectivity index (χ1) is 9.20. The van der Waals surface area contributed by atoms with Crippen molar-refractivity contribution >= 4 is 21.6 Å². The van der Waals surface area contributed by atoms with Crippen molar-refractivity contribution in [2.75, 3.05) is 0 Å². The summed E-state index contributed by atoms with van der Waals surface area (Å²) in [6, 6.07) is 8.24. The maximum absolute atomic E-state index is 12.4. The number of hydrogen-bond donors (Lipinski definition) is 0. The zero-order chi connectivity index (χ0) is 13.4. The molecule has 96 valence electrons. The van der Waals surface area contributed by atoms with Gasteiger partial charge >= 0.3 is 0 Å². The van der Waals surface area contributed by atoms with Gasteiger partial charge in [0.2, 0.25) is 0 Å². The molecular weight excluding hydrogens is 256 g/mol. The van der Waals surface area contributed by atoms with E-state index in [1.54, 1.807) is 10.9 Å². The predicted octanol–water partition coefficient (Wildman–Crippen LogP) is 3.45. The summed E-state index contributed by atoms with van der Waals surface area (Å²) in [6.45, 7) is 4.65. The smallest absolute Gasteiger partial charge is 0.262 e. The second kappa shape index (κ2) is 4.63. The number of hydrogen-bond acceptors (Lipinski definition) is 3. The zero-order valence-electron chi connectivity index (χ0n) is 10.9. The maximum Gasteiger partial charge on any atom is 0.262 e. The third-order valence-electron chi connectivity index (χ3n) is 3.26. The van der Waals surface area contributed by atoms with Crippen LogP contribution in [0.25, 0.3) is 21.3 Å². The zero-order valence-corrected chi connectivity index (χ0v) is 11.7. The van der Waals surface area contributed by atoms with Gasteiger partial charge in [-0.25, -0.2) is 4.98 Å². The SMILES string of the molecule is CCn1cnc2scc(-c3ccc(C)cc3)c2c1=O. The van der Waals surface area contributed by atoms with E-state index in [0.717, 1.165) is 21.3 Å². The van der Waals surface area contributed by atoms with Crippen molar-refractivity contribution in [2.24, 2.45) is 0 Å². The topological polar surface area (TPSA) is 34.9 Å². The fourth-order valence-corrected chi connectivity index (χ4v) is 3.04. The molecule has 0 spiro atoms. The standard InChI is InChI=1S/C15H14N2OS/c1-3-17-9-16-14-13(15(17)18)12(8-19-14)11-6-4-10(2)5-7-11/h4-9H,3H2,1-2H3. The van der Waals surface area contributed by atoms with Crippen LogP contribution in [0.4, 0.5) is 0 Å². The molecule has 0 atom stereocenters.